The van der Waals surface area contributed by atoms with Gasteiger partial charge >= 0.3 is 0 Å². The summed E-state index contributed by atoms with van der Waals surface area (Å²) in [4.78, 5) is 0. The van der Waals surface area contributed by atoms with Crippen LogP contribution in [0.15, 0.2) is 18.2 Å². The van der Waals surface area contributed by atoms with Gasteiger partial charge in [0.1, 0.15) is 18.2 Å². The highest BCUT2D eigenvalue weighted by Gasteiger charge is 2.23. The molecule has 3 nitrogen and oxygen atoms in total. The second-order valence-electron chi connectivity index (χ2n) is 5.67. The van der Waals surface area contributed by atoms with E-state index in [-0.39, 0.29) is 12.4 Å². The molecule has 0 saturated heterocycles. The molecule has 0 unspecified atom stereocenters. The van der Waals surface area contributed by atoms with Crippen molar-refractivity contribution >= 4 is 0 Å². The molecule has 1 aliphatic rings. The largest absolute Gasteiger partial charge is 0.490 e. The Morgan fingerprint density at radius 3 is 2.60 bits per heavy atom. The minimum absolute atomic E-state index is 0.193. The molecule has 1 aliphatic carbocycles. The van der Waals surface area contributed by atoms with Crippen molar-refractivity contribution in [3.05, 3.63) is 29.6 Å². The molecular weight excluding hydrogens is 257 g/mol. The van der Waals surface area contributed by atoms with Crippen LogP contribution in [0.4, 0.5) is 4.39 Å². The summed E-state index contributed by atoms with van der Waals surface area (Å²) < 4.78 is 19.2. The standard InChI is InChI=1S/C16H24FNO2/c1-3-16(19,4-2)11-20-15-8-12(7-13(17)9-15)10-18-14-5-6-14/h7-9,14,18-19H,3-6,10-11H2,1-2H3. The van der Waals surface area contributed by atoms with E-state index in [0.29, 0.717) is 31.2 Å². The van der Waals surface area contributed by atoms with Crippen molar-refractivity contribution in [2.45, 2.75) is 57.7 Å². The Hall–Kier alpha value is -1.13. The lowest BCUT2D eigenvalue weighted by Gasteiger charge is -2.25. The van der Waals surface area contributed by atoms with Crippen molar-refractivity contribution in [3.8, 4) is 5.75 Å². The number of nitrogens with one attached hydrogen (secondary N) is 1. The minimum Gasteiger partial charge on any atom is -0.490 e. The van der Waals surface area contributed by atoms with Gasteiger partial charge in [-0.2, -0.15) is 0 Å². The van der Waals surface area contributed by atoms with E-state index in [1.54, 1.807) is 0 Å². The molecule has 1 aromatic rings. The van der Waals surface area contributed by atoms with E-state index in [0.717, 1.165) is 5.56 Å². The highest BCUT2D eigenvalue weighted by Crippen LogP contribution is 2.22. The monoisotopic (exact) mass is 281 g/mol. The van der Waals surface area contributed by atoms with Crippen molar-refractivity contribution in [1.82, 2.24) is 5.32 Å². The van der Waals surface area contributed by atoms with Gasteiger partial charge in [0, 0.05) is 18.7 Å². The molecular formula is C16H24FNO2. The molecule has 0 aliphatic heterocycles. The van der Waals surface area contributed by atoms with Gasteiger partial charge < -0.3 is 15.2 Å². The molecule has 0 radical (unpaired) electrons. The Morgan fingerprint density at radius 2 is 2.00 bits per heavy atom. The van der Waals surface area contributed by atoms with Gasteiger partial charge in [0.2, 0.25) is 0 Å². The highest BCUT2D eigenvalue weighted by atomic mass is 19.1. The fraction of sp³-hybridized carbons (Fsp3) is 0.625. The van der Waals surface area contributed by atoms with E-state index < -0.39 is 5.60 Å². The predicted molar refractivity (Wildman–Crippen MR) is 77.3 cm³/mol. The Kier molecular flexibility index (Phi) is 5.00. The second kappa shape index (κ2) is 6.55. The quantitative estimate of drug-likeness (QED) is 0.769. The summed E-state index contributed by atoms with van der Waals surface area (Å²) in [6.45, 7) is 4.69. The summed E-state index contributed by atoms with van der Waals surface area (Å²) >= 11 is 0. The third-order valence-corrected chi connectivity index (χ3v) is 3.93. The first-order chi connectivity index (χ1) is 9.54. The van der Waals surface area contributed by atoms with E-state index in [4.69, 9.17) is 4.74 Å². The zero-order valence-corrected chi connectivity index (χ0v) is 12.3. The number of hydrogen-bond donors (Lipinski definition) is 2. The van der Waals surface area contributed by atoms with Crippen LogP contribution in [0, 0.1) is 5.82 Å². The predicted octanol–water partition coefficient (Wildman–Crippen LogP) is 3.01. The summed E-state index contributed by atoms with van der Waals surface area (Å²) in [6.07, 6.45) is 3.65. The van der Waals surface area contributed by atoms with Gasteiger partial charge in [-0.3, -0.25) is 0 Å². The van der Waals surface area contributed by atoms with Crippen molar-refractivity contribution in [2.75, 3.05) is 6.61 Å². The fourth-order valence-corrected chi connectivity index (χ4v) is 2.03. The van der Waals surface area contributed by atoms with Gasteiger partial charge in [-0.25, -0.2) is 4.39 Å². The number of aliphatic hydroxyl groups is 1. The average Bonchev–Trinajstić information content (AvgIpc) is 3.26. The average molecular weight is 281 g/mol. The van der Waals surface area contributed by atoms with Gasteiger partial charge in [0.25, 0.3) is 0 Å². The molecule has 0 bridgehead atoms. The lowest BCUT2D eigenvalue weighted by Crippen LogP contribution is -2.34. The number of hydrogen-bond acceptors (Lipinski definition) is 3. The molecule has 4 heteroatoms. The maximum Gasteiger partial charge on any atom is 0.127 e. The summed E-state index contributed by atoms with van der Waals surface area (Å²) in [5.41, 5.74) is 0.0436. The molecule has 2 N–H and O–H groups in total. The summed E-state index contributed by atoms with van der Waals surface area (Å²) in [5, 5.41) is 13.5. The van der Waals surface area contributed by atoms with Crippen molar-refractivity contribution < 1.29 is 14.2 Å². The Balaban J connectivity index is 1.95. The Bertz CT molecular complexity index is 442. The lowest BCUT2D eigenvalue weighted by molar-refractivity contribution is -0.0114. The van der Waals surface area contributed by atoms with E-state index in [2.05, 4.69) is 5.32 Å². The third kappa shape index (κ3) is 4.46. The van der Waals surface area contributed by atoms with Gasteiger partial charge in [-0.15, -0.1) is 0 Å². The van der Waals surface area contributed by atoms with Crippen molar-refractivity contribution in [3.63, 3.8) is 0 Å². The molecule has 20 heavy (non-hydrogen) atoms. The molecule has 0 heterocycles. The summed E-state index contributed by atoms with van der Waals surface area (Å²) in [5.74, 6) is 0.185. The van der Waals surface area contributed by atoms with Crippen molar-refractivity contribution in [1.29, 1.82) is 0 Å². The fourth-order valence-electron chi connectivity index (χ4n) is 2.03. The molecule has 0 atom stereocenters. The van der Waals surface area contributed by atoms with Crippen LogP contribution < -0.4 is 10.1 Å². The lowest BCUT2D eigenvalue weighted by atomic mass is 9.99. The number of ether oxygens (including phenoxy) is 1. The molecule has 0 spiro atoms. The number of rotatable bonds is 8. The topological polar surface area (TPSA) is 41.5 Å². The van der Waals surface area contributed by atoms with Crippen LogP contribution in [0.3, 0.4) is 0 Å². The Morgan fingerprint density at radius 1 is 1.30 bits per heavy atom. The van der Waals surface area contributed by atoms with E-state index >= 15 is 0 Å². The van der Waals surface area contributed by atoms with E-state index in [1.807, 2.05) is 19.9 Å². The maximum atomic E-state index is 13.6. The first-order valence-electron chi connectivity index (χ1n) is 7.42. The van der Waals surface area contributed by atoms with Crippen LogP contribution in [-0.4, -0.2) is 23.4 Å². The van der Waals surface area contributed by atoms with Crippen LogP contribution in [0.25, 0.3) is 0 Å². The SMILES string of the molecule is CCC(O)(CC)COc1cc(F)cc(CNC2CC2)c1. The summed E-state index contributed by atoms with van der Waals surface area (Å²) in [6, 6.07) is 5.32. The Labute approximate surface area is 120 Å². The first kappa shape index (κ1) is 15.3. The van der Waals surface area contributed by atoms with Gasteiger partial charge in [-0.1, -0.05) is 13.8 Å². The molecule has 0 amide bonds. The normalized spacial score (nSPS) is 15.4. The number of halogens is 1. The number of benzene rings is 1. The minimum atomic E-state index is -0.835. The molecule has 0 aromatic heterocycles. The van der Waals surface area contributed by atoms with Crippen LogP contribution in [0.2, 0.25) is 0 Å². The van der Waals surface area contributed by atoms with Gasteiger partial charge in [0.15, 0.2) is 0 Å². The molecule has 1 saturated carbocycles. The van der Waals surface area contributed by atoms with Crippen LogP contribution in [0.1, 0.15) is 45.1 Å². The van der Waals surface area contributed by atoms with Gasteiger partial charge in [0.05, 0.1) is 5.60 Å². The van der Waals surface area contributed by atoms with Gasteiger partial charge in [-0.05, 0) is 43.4 Å². The third-order valence-electron chi connectivity index (χ3n) is 3.93. The summed E-state index contributed by atoms with van der Waals surface area (Å²) in [7, 11) is 0. The van der Waals surface area contributed by atoms with Crippen LogP contribution in [-0.2, 0) is 6.54 Å². The van der Waals surface area contributed by atoms with Crippen LogP contribution in [0.5, 0.6) is 5.75 Å². The second-order valence-corrected chi connectivity index (χ2v) is 5.67. The molecule has 1 aromatic carbocycles. The smallest absolute Gasteiger partial charge is 0.127 e. The maximum absolute atomic E-state index is 13.6. The zero-order chi connectivity index (χ0) is 14.6. The zero-order valence-electron chi connectivity index (χ0n) is 12.3. The van der Waals surface area contributed by atoms with E-state index in [1.165, 1.54) is 25.0 Å². The molecule has 2 rings (SSSR count). The first-order valence-corrected chi connectivity index (χ1v) is 7.42. The van der Waals surface area contributed by atoms with Crippen molar-refractivity contribution in [2.24, 2.45) is 0 Å². The molecule has 1 fully saturated rings. The van der Waals surface area contributed by atoms with Crippen LogP contribution >= 0.6 is 0 Å². The highest BCUT2D eigenvalue weighted by molar-refractivity contribution is 5.29. The molecule has 112 valence electrons. The van der Waals surface area contributed by atoms with E-state index in [9.17, 15) is 9.50 Å².